The predicted octanol–water partition coefficient (Wildman–Crippen LogP) is 3.57. The average Bonchev–Trinajstić information content (AvgIpc) is 2.72. The normalized spacial score (nSPS) is 13.9. The predicted molar refractivity (Wildman–Crippen MR) is 103 cm³/mol. The minimum absolute atomic E-state index is 0.170. The molecular formula is C21H26N2O3. The number of nitrogens with zero attached hydrogens (tertiary/aromatic N) is 1. The van der Waals surface area contributed by atoms with E-state index in [1.165, 1.54) is 6.42 Å². The van der Waals surface area contributed by atoms with Crippen LogP contribution in [0.1, 0.15) is 19.3 Å². The van der Waals surface area contributed by atoms with Crippen molar-refractivity contribution >= 4 is 11.6 Å². The molecule has 2 aromatic carbocycles. The first-order valence-electron chi connectivity index (χ1n) is 9.23. The van der Waals surface area contributed by atoms with E-state index >= 15 is 0 Å². The number of nitrogens with one attached hydrogen (secondary N) is 1. The standard InChI is InChI=1S/C21H26N2O3/c24-21(23-13-5-2-6-14-23)17-22-18-9-11-20(12-10-18)26-16-15-25-19-7-3-1-4-8-19/h1,3-4,7-12,22H,2,5-6,13-17H2. The lowest BCUT2D eigenvalue weighted by molar-refractivity contribution is -0.130. The maximum absolute atomic E-state index is 12.2. The number of ether oxygens (including phenoxy) is 2. The van der Waals surface area contributed by atoms with Crippen molar-refractivity contribution in [2.45, 2.75) is 19.3 Å². The van der Waals surface area contributed by atoms with E-state index in [1.54, 1.807) is 0 Å². The van der Waals surface area contributed by atoms with E-state index in [1.807, 2.05) is 59.5 Å². The topological polar surface area (TPSA) is 50.8 Å². The number of anilines is 1. The monoisotopic (exact) mass is 354 g/mol. The maximum Gasteiger partial charge on any atom is 0.241 e. The van der Waals surface area contributed by atoms with Crippen molar-refractivity contribution in [2.24, 2.45) is 0 Å². The number of benzene rings is 2. The number of hydrogen-bond acceptors (Lipinski definition) is 4. The number of amides is 1. The molecule has 0 spiro atoms. The van der Waals surface area contributed by atoms with Crippen molar-refractivity contribution in [2.75, 3.05) is 38.2 Å². The summed E-state index contributed by atoms with van der Waals surface area (Å²) in [5.41, 5.74) is 0.920. The molecule has 0 aliphatic carbocycles. The van der Waals surface area contributed by atoms with E-state index in [4.69, 9.17) is 9.47 Å². The lowest BCUT2D eigenvalue weighted by Gasteiger charge is -2.26. The van der Waals surface area contributed by atoms with E-state index < -0.39 is 0 Å². The summed E-state index contributed by atoms with van der Waals surface area (Å²) in [6, 6.07) is 17.3. The van der Waals surface area contributed by atoms with E-state index in [0.717, 1.165) is 43.1 Å². The van der Waals surface area contributed by atoms with Crippen molar-refractivity contribution in [3.63, 3.8) is 0 Å². The molecule has 1 aliphatic rings. The Morgan fingerprint density at radius 2 is 1.46 bits per heavy atom. The van der Waals surface area contributed by atoms with Crippen LogP contribution < -0.4 is 14.8 Å². The highest BCUT2D eigenvalue weighted by atomic mass is 16.5. The van der Waals surface area contributed by atoms with Gasteiger partial charge in [0.25, 0.3) is 0 Å². The highest BCUT2D eigenvalue weighted by Crippen LogP contribution is 2.16. The van der Waals surface area contributed by atoms with Crippen LogP contribution in [0.2, 0.25) is 0 Å². The summed E-state index contributed by atoms with van der Waals surface area (Å²) in [6.07, 6.45) is 3.46. The van der Waals surface area contributed by atoms with Crippen LogP contribution in [0.4, 0.5) is 5.69 Å². The molecule has 1 fully saturated rings. The van der Waals surface area contributed by atoms with Gasteiger partial charge in [0.15, 0.2) is 0 Å². The first kappa shape index (κ1) is 18.1. The first-order valence-corrected chi connectivity index (χ1v) is 9.23. The number of piperidine rings is 1. The van der Waals surface area contributed by atoms with Gasteiger partial charge in [-0.15, -0.1) is 0 Å². The van der Waals surface area contributed by atoms with Crippen molar-refractivity contribution < 1.29 is 14.3 Å². The van der Waals surface area contributed by atoms with Crippen LogP contribution in [0.15, 0.2) is 54.6 Å². The molecule has 0 unspecified atom stereocenters. The molecule has 0 radical (unpaired) electrons. The third-order valence-corrected chi connectivity index (χ3v) is 4.37. The second-order valence-corrected chi connectivity index (χ2v) is 6.33. The van der Waals surface area contributed by atoms with Crippen molar-refractivity contribution in [1.29, 1.82) is 0 Å². The highest BCUT2D eigenvalue weighted by Gasteiger charge is 2.15. The maximum atomic E-state index is 12.2. The fourth-order valence-electron chi connectivity index (χ4n) is 2.94. The molecule has 138 valence electrons. The summed E-state index contributed by atoms with van der Waals surface area (Å²) in [7, 11) is 0. The smallest absolute Gasteiger partial charge is 0.241 e. The second kappa shape index (κ2) is 9.70. The van der Waals surface area contributed by atoms with Gasteiger partial charge in [0.1, 0.15) is 24.7 Å². The van der Waals surface area contributed by atoms with E-state index in [-0.39, 0.29) is 5.91 Å². The highest BCUT2D eigenvalue weighted by molar-refractivity contribution is 5.81. The van der Waals surface area contributed by atoms with E-state index in [2.05, 4.69) is 5.32 Å². The van der Waals surface area contributed by atoms with Gasteiger partial charge in [0, 0.05) is 18.8 Å². The molecular weight excluding hydrogens is 328 g/mol. The van der Waals surface area contributed by atoms with Gasteiger partial charge >= 0.3 is 0 Å². The van der Waals surface area contributed by atoms with Crippen LogP contribution in [0, 0.1) is 0 Å². The van der Waals surface area contributed by atoms with Gasteiger partial charge < -0.3 is 19.7 Å². The van der Waals surface area contributed by atoms with Gasteiger partial charge in [-0.25, -0.2) is 0 Å². The molecule has 0 saturated carbocycles. The van der Waals surface area contributed by atoms with Gasteiger partial charge in [-0.2, -0.15) is 0 Å². The molecule has 0 bridgehead atoms. The number of para-hydroxylation sites is 1. The van der Waals surface area contributed by atoms with Crippen LogP contribution in [0.5, 0.6) is 11.5 Å². The first-order chi connectivity index (χ1) is 12.8. The molecule has 5 nitrogen and oxygen atoms in total. The Hall–Kier alpha value is -2.69. The largest absolute Gasteiger partial charge is 0.490 e. The fraction of sp³-hybridized carbons (Fsp3) is 0.381. The zero-order valence-corrected chi connectivity index (χ0v) is 15.0. The van der Waals surface area contributed by atoms with Gasteiger partial charge in [-0.1, -0.05) is 18.2 Å². The third kappa shape index (κ3) is 5.69. The molecule has 1 aliphatic heterocycles. The molecule has 3 rings (SSSR count). The lowest BCUT2D eigenvalue weighted by atomic mass is 10.1. The fourth-order valence-corrected chi connectivity index (χ4v) is 2.94. The van der Waals surface area contributed by atoms with E-state index in [9.17, 15) is 4.79 Å². The van der Waals surface area contributed by atoms with Crippen molar-refractivity contribution in [3.8, 4) is 11.5 Å². The summed E-state index contributed by atoms with van der Waals surface area (Å²) in [4.78, 5) is 14.1. The van der Waals surface area contributed by atoms with Gasteiger partial charge in [-0.05, 0) is 55.7 Å². The molecule has 1 saturated heterocycles. The van der Waals surface area contributed by atoms with Crippen LogP contribution >= 0.6 is 0 Å². The van der Waals surface area contributed by atoms with Gasteiger partial charge in [0.05, 0.1) is 6.54 Å². The Morgan fingerprint density at radius 1 is 0.846 bits per heavy atom. The van der Waals surface area contributed by atoms with Crippen LogP contribution in [0.3, 0.4) is 0 Å². The number of carbonyl (C=O) groups is 1. The minimum Gasteiger partial charge on any atom is -0.490 e. The molecule has 1 amide bonds. The molecule has 2 aromatic rings. The summed E-state index contributed by atoms with van der Waals surface area (Å²) in [5, 5.41) is 3.19. The summed E-state index contributed by atoms with van der Waals surface area (Å²) >= 11 is 0. The lowest BCUT2D eigenvalue weighted by Crippen LogP contribution is -2.39. The minimum atomic E-state index is 0.170. The van der Waals surface area contributed by atoms with Crippen LogP contribution in [0.25, 0.3) is 0 Å². The van der Waals surface area contributed by atoms with Crippen LogP contribution in [-0.2, 0) is 4.79 Å². The quantitative estimate of drug-likeness (QED) is 0.737. The zero-order valence-electron chi connectivity index (χ0n) is 15.0. The van der Waals surface area contributed by atoms with Gasteiger partial charge in [-0.3, -0.25) is 4.79 Å². The van der Waals surface area contributed by atoms with Crippen LogP contribution in [-0.4, -0.2) is 43.7 Å². The SMILES string of the molecule is O=C(CNc1ccc(OCCOc2ccccc2)cc1)N1CCCCC1. The summed E-state index contributed by atoms with van der Waals surface area (Å²) in [6.45, 7) is 3.09. The number of rotatable bonds is 8. The molecule has 0 aromatic heterocycles. The van der Waals surface area contributed by atoms with E-state index in [0.29, 0.717) is 19.8 Å². The number of carbonyl (C=O) groups excluding carboxylic acids is 1. The zero-order chi connectivity index (χ0) is 18.0. The van der Waals surface area contributed by atoms with Crippen molar-refractivity contribution in [3.05, 3.63) is 54.6 Å². The summed E-state index contributed by atoms with van der Waals surface area (Å²) in [5.74, 6) is 1.80. The Balaban J connectivity index is 1.35. The average molecular weight is 354 g/mol. The molecule has 1 N–H and O–H groups in total. The Labute approximate surface area is 154 Å². The Morgan fingerprint density at radius 3 is 2.12 bits per heavy atom. The number of hydrogen-bond donors (Lipinski definition) is 1. The van der Waals surface area contributed by atoms with Crippen molar-refractivity contribution in [1.82, 2.24) is 4.90 Å². The Kier molecular flexibility index (Phi) is 6.76. The molecule has 1 heterocycles. The van der Waals surface area contributed by atoms with Gasteiger partial charge in [0.2, 0.25) is 5.91 Å². The third-order valence-electron chi connectivity index (χ3n) is 4.37. The summed E-state index contributed by atoms with van der Waals surface area (Å²) < 4.78 is 11.3. The molecule has 26 heavy (non-hydrogen) atoms. The second-order valence-electron chi connectivity index (χ2n) is 6.33. The Bertz CT molecular complexity index is 667. The molecule has 5 heteroatoms. The molecule has 0 atom stereocenters. The number of likely N-dealkylation sites (tertiary alicyclic amines) is 1.